The van der Waals surface area contributed by atoms with Gasteiger partial charge in [0.15, 0.2) is 17.0 Å². The van der Waals surface area contributed by atoms with Gasteiger partial charge in [0.1, 0.15) is 10.4 Å². The van der Waals surface area contributed by atoms with Gasteiger partial charge >= 0.3 is 0 Å². The Bertz CT molecular complexity index is 1030. The fourth-order valence-electron chi connectivity index (χ4n) is 3.77. The van der Waals surface area contributed by atoms with Crippen molar-refractivity contribution >= 4 is 33.4 Å². The standard InChI is InChI=1S/C18H17BrF3N5O/c1-16(20)8-18(21,22)17(26-15(16)23)6-9-3-4-10(5-11(9)17)24-14(28)13-25-12(19)7-27(13)2/h3-5,7H,6,8H2,1-2H3,(H2,23,26)(H,24,28)/t16-,17+/m0/s1. The van der Waals surface area contributed by atoms with E-state index in [9.17, 15) is 18.0 Å². The van der Waals surface area contributed by atoms with Gasteiger partial charge in [-0.05, 0) is 46.1 Å². The number of hydrogen-bond donors (Lipinski definition) is 2. The number of imidazole rings is 1. The molecule has 1 spiro atoms. The summed E-state index contributed by atoms with van der Waals surface area (Å²) in [5.74, 6) is -4.17. The number of rotatable bonds is 2. The molecule has 2 aromatic rings. The van der Waals surface area contributed by atoms with Crippen molar-refractivity contribution in [1.29, 1.82) is 0 Å². The van der Waals surface area contributed by atoms with Crippen molar-refractivity contribution in [2.24, 2.45) is 17.8 Å². The zero-order valence-corrected chi connectivity index (χ0v) is 16.6. The average Bonchev–Trinajstić information content (AvgIpc) is 2.90. The van der Waals surface area contributed by atoms with Gasteiger partial charge < -0.3 is 15.6 Å². The molecule has 0 bridgehead atoms. The van der Waals surface area contributed by atoms with Crippen LogP contribution in [0.2, 0.25) is 0 Å². The molecule has 2 aliphatic rings. The average molecular weight is 456 g/mol. The van der Waals surface area contributed by atoms with E-state index < -0.39 is 35.3 Å². The Morgan fingerprint density at radius 3 is 2.71 bits per heavy atom. The first-order valence-corrected chi connectivity index (χ1v) is 9.31. The summed E-state index contributed by atoms with van der Waals surface area (Å²) in [5, 5.41) is 2.65. The van der Waals surface area contributed by atoms with Crippen LogP contribution in [0.5, 0.6) is 0 Å². The van der Waals surface area contributed by atoms with E-state index in [0.29, 0.717) is 15.9 Å². The van der Waals surface area contributed by atoms with E-state index >= 15 is 0 Å². The fraction of sp³-hybridized carbons (Fsp3) is 0.389. The molecule has 4 rings (SSSR count). The monoisotopic (exact) mass is 455 g/mol. The first-order valence-electron chi connectivity index (χ1n) is 8.51. The number of aromatic nitrogens is 2. The van der Waals surface area contributed by atoms with Gasteiger partial charge in [-0.2, -0.15) is 0 Å². The summed E-state index contributed by atoms with van der Waals surface area (Å²) < 4.78 is 46.1. The number of halogens is 4. The number of anilines is 1. The number of aryl methyl sites for hydroxylation is 1. The van der Waals surface area contributed by atoms with Gasteiger partial charge in [0.25, 0.3) is 11.8 Å². The third-order valence-electron chi connectivity index (χ3n) is 5.31. The number of fused-ring (bicyclic) bond motifs is 2. The van der Waals surface area contributed by atoms with Gasteiger partial charge in [0.2, 0.25) is 0 Å². The summed E-state index contributed by atoms with van der Waals surface area (Å²) in [6.45, 7) is 1.01. The number of hydrogen-bond acceptors (Lipinski definition) is 4. The van der Waals surface area contributed by atoms with Gasteiger partial charge in [0, 0.05) is 25.4 Å². The summed E-state index contributed by atoms with van der Waals surface area (Å²) in [7, 11) is 1.66. The predicted octanol–water partition coefficient (Wildman–Crippen LogP) is 3.31. The highest BCUT2D eigenvalue weighted by Gasteiger charge is 2.66. The van der Waals surface area contributed by atoms with Crippen LogP contribution >= 0.6 is 15.9 Å². The normalized spacial score (nSPS) is 27.7. The molecule has 6 nitrogen and oxygen atoms in total. The minimum Gasteiger partial charge on any atom is -0.385 e. The summed E-state index contributed by atoms with van der Waals surface area (Å²) >= 11 is 3.19. The second-order valence-corrected chi connectivity index (χ2v) is 8.25. The van der Waals surface area contributed by atoms with Crippen LogP contribution in [0.25, 0.3) is 0 Å². The first kappa shape index (κ1) is 19.0. The van der Waals surface area contributed by atoms with Crippen molar-refractivity contribution in [3.05, 3.63) is 46.0 Å². The largest absolute Gasteiger partial charge is 0.385 e. The van der Waals surface area contributed by atoms with E-state index in [1.54, 1.807) is 25.4 Å². The second-order valence-electron chi connectivity index (χ2n) is 7.44. The van der Waals surface area contributed by atoms with E-state index in [1.807, 2.05) is 0 Å². The molecule has 2 heterocycles. The second kappa shape index (κ2) is 5.82. The lowest BCUT2D eigenvalue weighted by atomic mass is 9.63. The van der Waals surface area contributed by atoms with Crippen molar-refractivity contribution in [2.45, 2.75) is 36.9 Å². The quantitative estimate of drug-likeness (QED) is 0.728. The molecule has 0 radical (unpaired) electrons. The van der Waals surface area contributed by atoms with Crippen LogP contribution in [0.1, 0.15) is 35.1 Å². The molecule has 3 N–H and O–H groups in total. The molecule has 1 amide bonds. The number of nitrogens with zero attached hydrogens (tertiary/aromatic N) is 3. The zero-order chi connectivity index (χ0) is 20.5. The number of aliphatic imine (C=N–C) groups is 1. The zero-order valence-electron chi connectivity index (χ0n) is 15.1. The number of benzene rings is 1. The molecule has 1 aromatic heterocycles. The smallest absolute Gasteiger partial charge is 0.291 e. The highest BCUT2D eigenvalue weighted by Crippen LogP contribution is 2.57. The molecule has 0 saturated carbocycles. The Kier molecular flexibility index (Phi) is 3.94. The van der Waals surface area contributed by atoms with Crippen LogP contribution in [-0.2, 0) is 19.0 Å². The summed E-state index contributed by atoms with van der Waals surface area (Å²) in [6, 6.07) is 4.71. The van der Waals surface area contributed by atoms with Crippen LogP contribution in [0, 0.1) is 0 Å². The van der Waals surface area contributed by atoms with Crippen molar-refractivity contribution in [3.8, 4) is 0 Å². The van der Waals surface area contributed by atoms with E-state index in [2.05, 4.69) is 31.2 Å². The number of carbonyl (C=O) groups excluding carboxylic acids is 1. The molecule has 0 fully saturated rings. The molecule has 28 heavy (non-hydrogen) atoms. The lowest BCUT2D eigenvalue weighted by Crippen LogP contribution is -2.61. The number of amides is 1. The van der Waals surface area contributed by atoms with Crippen LogP contribution in [0.3, 0.4) is 0 Å². The van der Waals surface area contributed by atoms with Crippen molar-refractivity contribution in [3.63, 3.8) is 0 Å². The van der Waals surface area contributed by atoms with Gasteiger partial charge in [-0.15, -0.1) is 0 Å². The van der Waals surface area contributed by atoms with E-state index in [4.69, 9.17) is 5.73 Å². The van der Waals surface area contributed by atoms with Gasteiger partial charge in [0.05, 0.1) is 6.42 Å². The third-order valence-corrected chi connectivity index (χ3v) is 5.70. The molecule has 1 aliphatic carbocycles. The van der Waals surface area contributed by atoms with Crippen molar-refractivity contribution in [1.82, 2.24) is 9.55 Å². The Labute approximate surface area is 167 Å². The van der Waals surface area contributed by atoms with Gasteiger partial charge in [-0.3, -0.25) is 9.79 Å². The van der Waals surface area contributed by atoms with E-state index in [1.165, 1.54) is 10.6 Å². The number of amidine groups is 1. The summed E-state index contributed by atoms with van der Waals surface area (Å²) in [6.07, 6.45) is 0.551. The summed E-state index contributed by atoms with van der Waals surface area (Å²) in [4.78, 5) is 20.4. The maximum Gasteiger partial charge on any atom is 0.291 e. The summed E-state index contributed by atoms with van der Waals surface area (Å²) in [5.41, 5.74) is 2.62. The Hall–Kier alpha value is -2.36. The molecular weight excluding hydrogens is 439 g/mol. The number of nitrogens with two attached hydrogens (primary N) is 1. The number of nitrogens with one attached hydrogen (secondary N) is 1. The van der Waals surface area contributed by atoms with Crippen LogP contribution < -0.4 is 11.1 Å². The van der Waals surface area contributed by atoms with Crippen molar-refractivity contribution < 1.29 is 18.0 Å². The van der Waals surface area contributed by atoms with E-state index in [-0.39, 0.29) is 17.8 Å². The maximum absolute atomic E-state index is 14.9. The SMILES string of the molecule is Cn1cc(Br)nc1C(=O)Nc1ccc2c(c1)[C@@]1(C2)N=C(N)[C@@](C)(F)CC1(F)F. The Balaban J connectivity index is 1.69. The Morgan fingerprint density at radius 2 is 2.07 bits per heavy atom. The molecule has 0 saturated heterocycles. The van der Waals surface area contributed by atoms with Crippen molar-refractivity contribution in [2.75, 3.05) is 5.32 Å². The minimum absolute atomic E-state index is 0.0351. The predicted molar refractivity (Wildman–Crippen MR) is 101 cm³/mol. The molecule has 0 unspecified atom stereocenters. The van der Waals surface area contributed by atoms with Gasteiger partial charge in [-0.25, -0.2) is 18.2 Å². The molecule has 1 aliphatic heterocycles. The van der Waals surface area contributed by atoms with Gasteiger partial charge in [-0.1, -0.05) is 6.07 Å². The van der Waals surface area contributed by atoms with Crippen LogP contribution in [0.4, 0.5) is 18.9 Å². The lowest BCUT2D eigenvalue weighted by molar-refractivity contribution is -0.120. The lowest BCUT2D eigenvalue weighted by Gasteiger charge is -2.50. The third kappa shape index (κ3) is 2.65. The highest BCUT2D eigenvalue weighted by molar-refractivity contribution is 9.10. The molecule has 10 heteroatoms. The first-order chi connectivity index (χ1) is 12.9. The van der Waals surface area contributed by atoms with Crippen LogP contribution in [-0.4, -0.2) is 32.9 Å². The molecule has 148 valence electrons. The van der Waals surface area contributed by atoms with E-state index in [0.717, 1.165) is 6.92 Å². The number of carbonyl (C=O) groups is 1. The molecule has 1 aromatic carbocycles. The fourth-order valence-corrected chi connectivity index (χ4v) is 4.24. The number of alkyl halides is 3. The molecule has 2 atom stereocenters. The Morgan fingerprint density at radius 1 is 1.36 bits per heavy atom. The highest BCUT2D eigenvalue weighted by atomic mass is 79.9. The minimum atomic E-state index is -3.40. The van der Waals surface area contributed by atoms with Crippen LogP contribution in [0.15, 0.2) is 34.0 Å². The topological polar surface area (TPSA) is 85.3 Å². The molecular formula is C18H17BrF3N5O. The maximum atomic E-state index is 14.9.